The maximum absolute atomic E-state index is 13.3. The summed E-state index contributed by atoms with van der Waals surface area (Å²) in [6, 6.07) is 3.44. The van der Waals surface area contributed by atoms with Crippen LogP contribution >= 0.6 is 0 Å². The molecule has 0 saturated carbocycles. The minimum atomic E-state index is -3.64. The fourth-order valence-corrected chi connectivity index (χ4v) is 3.98. The molecule has 1 atom stereocenters. The number of hydrogen-bond acceptors (Lipinski definition) is 3. The lowest BCUT2D eigenvalue weighted by atomic mass is 9.96. The molecule has 1 aromatic rings. The number of sulfonamides is 1. The fourth-order valence-electron chi connectivity index (χ4n) is 2.40. The molecule has 1 aliphatic rings. The van der Waals surface area contributed by atoms with Gasteiger partial charge in [0.25, 0.3) is 0 Å². The van der Waals surface area contributed by atoms with Crippen molar-refractivity contribution in [3.05, 3.63) is 24.0 Å². The van der Waals surface area contributed by atoms with Crippen LogP contribution in [-0.4, -0.2) is 25.8 Å². The molecular formula is C13H19FN2O2S. The molecule has 4 nitrogen and oxygen atoms in total. The summed E-state index contributed by atoms with van der Waals surface area (Å²) in [4.78, 5) is -0.0607. The van der Waals surface area contributed by atoms with Crippen molar-refractivity contribution in [2.24, 2.45) is 11.8 Å². The molecule has 6 heteroatoms. The largest absolute Gasteiger partial charge is 0.399 e. The molecule has 19 heavy (non-hydrogen) atoms. The molecule has 1 fully saturated rings. The Morgan fingerprint density at radius 3 is 2.58 bits per heavy atom. The number of benzene rings is 1. The summed E-state index contributed by atoms with van der Waals surface area (Å²) < 4.78 is 39.5. The van der Waals surface area contributed by atoms with Crippen molar-refractivity contribution >= 4 is 15.7 Å². The van der Waals surface area contributed by atoms with E-state index in [4.69, 9.17) is 5.73 Å². The van der Waals surface area contributed by atoms with Gasteiger partial charge in [0.15, 0.2) is 0 Å². The Kier molecular flexibility index (Phi) is 3.82. The average molecular weight is 286 g/mol. The summed E-state index contributed by atoms with van der Waals surface area (Å²) in [5.74, 6) is 0.177. The van der Waals surface area contributed by atoms with Gasteiger partial charge in [-0.1, -0.05) is 13.8 Å². The topological polar surface area (TPSA) is 63.4 Å². The standard InChI is InChI=1S/C13H19FN2O2S/c1-9(2)10-3-4-16(8-10)19(17,18)13-6-11(14)5-12(15)7-13/h5-7,9-10H,3-4,8,15H2,1-2H3. The van der Waals surface area contributed by atoms with Crippen LogP contribution in [0, 0.1) is 17.7 Å². The summed E-state index contributed by atoms with van der Waals surface area (Å²) in [5, 5.41) is 0. The van der Waals surface area contributed by atoms with E-state index in [2.05, 4.69) is 13.8 Å². The van der Waals surface area contributed by atoms with Gasteiger partial charge in [-0.2, -0.15) is 4.31 Å². The molecule has 0 bridgehead atoms. The van der Waals surface area contributed by atoms with Crippen molar-refractivity contribution in [1.29, 1.82) is 0 Å². The lowest BCUT2D eigenvalue weighted by Gasteiger charge is -2.18. The van der Waals surface area contributed by atoms with Gasteiger partial charge in [-0.15, -0.1) is 0 Å². The van der Waals surface area contributed by atoms with Crippen LogP contribution in [0.15, 0.2) is 23.1 Å². The van der Waals surface area contributed by atoms with Gasteiger partial charge in [0.2, 0.25) is 10.0 Å². The van der Waals surface area contributed by atoms with Crippen molar-refractivity contribution in [3.63, 3.8) is 0 Å². The zero-order chi connectivity index (χ0) is 14.2. The third kappa shape index (κ3) is 2.90. The minimum Gasteiger partial charge on any atom is -0.399 e. The van der Waals surface area contributed by atoms with E-state index in [1.807, 2.05) is 0 Å². The van der Waals surface area contributed by atoms with E-state index in [1.54, 1.807) is 0 Å². The molecule has 0 radical (unpaired) electrons. The Hall–Kier alpha value is -1.14. The normalized spacial score (nSPS) is 21.2. The van der Waals surface area contributed by atoms with Gasteiger partial charge in [0, 0.05) is 18.8 Å². The Labute approximate surface area is 113 Å². The van der Waals surface area contributed by atoms with Gasteiger partial charge in [0.1, 0.15) is 5.82 Å². The molecule has 0 aliphatic carbocycles. The van der Waals surface area contributed by atoms with Gasteiger partial charge >= 0.3 is 0 Å². The van der Waals surface area contributed by atoms with Crippen molar-refractivity contribution in [3.8, 4) is 0 Å². The molecule has 0 aromatic heterocycles. The van der Waals surface area contributed by atoms with Crippen LogP contribution in [0.5, 0.6) is 0 Å². The molecule has 106 valence electrons. The molecule has 1 saturated heterocycles. The third-order valence-corrected chi connectivity index (χ3v) is 5.50. The SMILES string of the molecule is CC(C)C1CCN(S(=O)(=O)c2cc(N)cc(F)c2)C1. The second-order valence-corrected chi connectivity index (χ2v) is 7.31. The first kappa shape index (κ1) is 14.3. The second kappa shape index (κ2) is 5.09. The molecule has 1 aromatic carbocycles. The number of anilines is 1. The quantitative estimate of drug-likeness (QED) is 0.865. The minimum absolute atomic E-state index is 0.0607. The molecular weight excluding hydrogens is 267 g/mol. The maximum atomic E-state index is 13.3. The molecule has 0 amide bonds. The predicted molar refractivity (Wildman–Crippen MR) is 72.5 cm³/mol. The lowest BCUT2D eigenvalue weighted by Crippen LogP contribution is -2.29. The van der Waals surface area contributed by atoms with Crippen molar-refractivity contribution in [2.45, 2.75) is 25.2 Å². The molecule has 1 unspecified atom stereocenters. The van der Waals surface area contributed by atoms with E-state index in [-0.39, 0.29) is 10.6 Å². The predicted octanol–water partition coefficient (Wildman–Crippen LogP) is 2.07. The van der Waals surface area contributed by atoms with Crippen LogP contribution in [0.25, 0.3) is 0 Å². The zero-order valence-electron chi connectivity index (χ0n) is 11.1. The zero-order valence-corrected chi connectivity index (χ0v) is 12.0. The Bertz CT molecular complexity index is 552. The first-order valence-corrected chi connectivity index (χ1v) is 7.81. The van der Waals surface area contributed by atoms with Crippen molar-refractivity contribution in [1.82, 2.24) is 4.31 Å². The summed E-state index contributed by atoms with van der Waals surface area (Å²) in [6.45, 7) is 5.15. The van der Waals surface area contributed by atoms with Crippen LogP contribution < -0.4 is 5.73 Å². The van der Waals surface area contributed by atoms with Gasteiger partial charge in [-0.3, -0.25) is 0 Å². The third-order valence-electron chi connectivity index (χ3n) is 3.66. The molecule has 1 aliphatic heterocycles. The van der Waals surface area contributed by atoms with Crippen LogP contribution in [0.2, 0.25) is 0 Å². The highest BCUT2D eigenvalue weighted by Crippen LogP contribution is 2.29. The summed E-state index contributed by atoms with van der Waals surface area (Å²) >= 11 is 0. The van der Waals surface area contributed by atoms with Crippen LogP contribution in [-0.2, 0) is 10.0 Å². The van der Waals surface area contributed by atoms with E-state index >= 15 is 0 Å². The Morgan fingerprint density at radius 1 is 1.37 bits per heavy atom. The second-order valence-electron chi connectivity index (χ2n) is 5.38. The van der Waals surface area contributed by atoms with E-state index < -0.39 is 15.8 Å². The summed E-state index contributed by atoms with van der Waals surface area (Å²) in [7, 11) is -3.64. The number of halogens is 1. The van der Waals surface area contributed by atoms with E-state index in [0.717, 1.165) is 18.6 Å². The monoisotopic (exact) mass is 286 g/mol. The first-order chi connectivity index (χ1) is 8.80. The smallest absolute Gasteiger partial charge is 0.243 e. The molecule has 2 N–H and O–H groups in total. The van der Waals surface area contributed by atoms with Gasteiger partial charge in [-0.25, -0.2) is 12.8 Å². The van der Waals surface area contributed by atoms with Crippen molar-refractivity contribution in [2.75, 3.05) is 18.8 Å². The average Bonchev–Trinajstić information content (AvgIpc) is 2.77. The van der Waals surface area contributed by atoms with Gasteiger partial charge < -0.3 is 5.73 Å². The first-order valence-electron chi connectivity index (χ1n) is 6.37. The number of rotatable bonds is 3. The van der Waals surface area contributed by atoms with Crippen LogP contribution in [0.1, 0.15) is 20.3 Å². The summed E-state index contributed by atoms with van der Waals surface area (Å²) in [5.41, 5.74) is 5.63. The van der Waals surface area contributed by atoms with Crippen LogP contribution in [0.4, 0.5) is 10.1 Å². The van der Waals surface area contributed by atoms with Crippen LogP contribution in [0.3, 0.4) is 0 Å². The molecule has 1 heterocycles. The maximum Gasteiger partial charge on any atom is 0.243 e. The summed E-state index contributed by atoms with van der Waals surface area (Å²) in [6.07, 6.45) is 0.849. The van der Waals surface area contributed by atoms with Gasteiger partial charge in [-0.05, 0) is 36.5 Å². The number of nitrogens with zero attached hydrogens (tertiary/aromatic N) is 1. The Morgan fingerprint density at radius 2 is 2.05 bits per heavy atom. The molecule has 2 rings (SSSR count). The fraction of sp³-hybridized carbons (Fsp3) is 0.538. The van der Waals surface area contributed by atoms with E-state index in [9.17, 15) is 12.8 Å². The highest BCUT2D eigenvalue weighted by Gasteiger charge is 2.33. The van der Waals surface area contributed by atoms with Gasteiger partial charge in [0.05, 0.1) is 4.90 Å². The number of nitrogens with two attached hydrogens (primary N) is 1. The number of hydrogen-bond donors (Lipinski definition) is 1. The lowest BCUT2D eigenvalue weighted by molar-refractivity contribution is 0.388. The van der Waals surface area contributed by atoms with E-state index in [0.29, 0.717) is 24.9 Å². The Balaban J connectivity index is 2.28. The highest BCUT2D eigenvalue weighted by molar-refractivity contribution is 7.89. The number of nitrogen functional groups attached to an aromatic ring is 1. The van der Waals surface area contributed by atoms with Crippen molar-refractivity contribution < 1.29 is 12.8 Å². The molecule has 0 spiro atoms. The highest BCUT2D eigenvalue weighted by atomic mass is 32.2. The van der Waals surface area contributed by atoms with E-state index in [1.165, 1.54) is 10.4 Å².